The Balaban J connectivity index is 1.66. The lowest BCUT2D eigenvalue weighted by Crippen LogP contribution is -2.35. The van der Waals surface area contributed by atoms with Crippen LogP contribution in [-0.4, -0.2) is 11.7 Å². The maximum Gasteiger partial charge on any atom is 0.117 e. The van der Waals surface area contributed by atoms with Crippen molar-refractivity contribution in [2.24, 2.45) is 0 Å². The minimum absolute atomic E-state index is 0.560. The van der Waals surface area contributed by atoms with Crippen molar-refractivity contribution in [1.82, 2.24) is 5.32 Å². The molecule has 2 N–H and O–H groups in total. The van der Waals surface area contributed by atoms with Crippen molar-refractivity contribution in [2.75, 3.05) is 6.54 Å². The van der Waals surface area contributed by atoms with E-state index in [0.29, 0.717) is 13.1 Å². The molecule has 0 radical (unpaired) electrons. The van der Waals surface area contributed by atoms with Gasteiger partial charge >= 0.3 is 0 Å². The van der Waals surface area contributed by atoms with Crippen molar-refractivity contribution in [2.45, 2.75) is 25.0 Å². The van der Waals surface area contributed by atoms with E-state index < -0.39 is 5.60 Å². The minimum Gasteiger partial charge on any atom is -0.468 e. The van der Waals surface area contributed by atoms with E-state index >= 15 is 0 Å². The van der Waals surface area contributed by atoms with Crippen molar-refractivity contribution in [3.8, 4) is 0 Å². The molecule has 3 nitrogen and oxygen atoms in total. The van der Waals surface area contributed by atoms with Crippen LogP contribution in [0.4, 0.5) is 0 Å². The van der Waals surface area contributed by atoms with Crippen LogP contribution in [0.2, 0.25) is 0 Å². The first kappa shape index (κ1) is 11.5. The van der Waals surface area contributed by atoms with Crippen LogP contribution in [0.1, 0.15) is 23.3 Å². The smallest absolute Gasteiger partial charge is 0.117 e. The van der Waals surface area contributed by atoms with Gasteiger partial charge in [-0.25, -0.2) is 0 Å². The predicted molar refractivity (Wildman–Crippen MR) is 69.1 cm³/mol. The van der Waals surface area contributed by atoms with Crippen LogP contribution in [0.5, 0.6) is 0 Å². The number of rotatable bonds is 4. The molecule has 0 fully saturated rings. The van der Waals surface area contributed by atoms with Gasteiger partial charge in [-0.15, -0.1) is 0 Å². The maximum absolute atomic E-state index is 10.7. The van der Waals surface area contributed by atoms with Crippen LogP contribution in [0.3, 0.4) is 0 Å². The third-order valence-corrected chi connectivity index (χ3v) is 3.62. The Morgan fingerprint density at radius 3 is 2.94 bits per heavy atom. The molecule has 3 heteroatoms. The summed E-state index contributed by atoms with van der Waals surface area (Å²) in [6.07, 6.45) is 3.41. The first-order valence-electron chi connectivity index (χ1n) is 6.32. The average Bonchev–Trinajstić information content (AvgIpc) is 3.00. The molecule has 0 saturated carbocycles. The second kappa shape index (κ2) is 4.59. The second-order valence-electron chi connectivity index (χ2n) is 4.87. The van der Waals surface area contributed by atoms with E-state index in [1.165, 1.54) is 5.56 Å². The molecule has 1 aliphatic carbocycles. The summed E-state index contributed by atoms with van der Waals surface area (Å²) in [4.78, 5) is 0. The highest BCUT2D eigenvalue weighted by molar-refractivity contribution is 5.37. The molecule has 0 aliphatic heterocycles. The highest BCUT2D eigenvalue weighted by Crippen LogP contribution is 2.36. The number of hydrogen-bond donors (Lipinski definition) is 2. The molecule has 0 saturated heterocycles. The van der Waals surface area contributed by atoms with Crippen molar-refractivity contribution in [3.05, 3.63) is 59.5 Å². The molecule has 3 rings (SSSR count). The number of furan rings is 1. The molecule has 94 valence electrons. The first-order valence-corrected chi connectivity index (χ1v) is 6.32. The average molecular weight is 243 g/mol. The van der Waals surface area contributed by atoms with Crippen LogP contribution in [-0.2, 0) is 18.6 Å². The van der Waals surface area contributed by atoms with Gasteiger partial charge in [0.25, 0.3) is 0 Å². The number of aliphatic hydroxyl groups is 1. The number of nitrogens with one attached hydrogen (secondary N) is 1. The topological polar surface area (TPSA) is 45.4 Å². The Bertz CT molecular complexity index is 521. The normalized spacial score (nSPS) is 22.1. The minimum atomic E-state index is -0.733. The summed E-state index contributed by atoms with van der Waals surface area (Å²) in [5.41, 5.74) is 1.60. The van der Waals surface area contributed by atoms with Crippen LogP contribution in [0.15, 0.2) is 47.1 Å². The fourth-order valence-corrected chi connectivity index (χ4v) is 2.66. The summed E-state index contributed by atoms with van der Waals surface area (Å²) in [5, 5.41) is 13.9. The molecule has 0 amide bonds. The Hall–Kier alpha value is -1.58. The van der Waals surface area contributed by atoms with Gasteiger partial charge < -0.3 is 14.8 Å². The van der Waals surface area contributed by atoms with Gasteiger partial charge in [-0.2, -0.15) is 0 Å². The van der Waals surface area contributed by atoms with Gasteiger partial charge in [-0.1, -0.05) is 24.3 Å². The molecule has 2 aromatic rings. The van der Waals surface area contributed by atoms with E-state index in [4.69, 9.17) is 4.42 Å². The molecule has 1 unspecified atom stereocenters. The Kier molecular flexibility index (Phi) is 2.94. The summed E-state index contributed by atoms with van der Waals surface area (Å²) < 4.78 is 5.26. The molecular formula is C15H17NO2. The molecule has 1 aromatic carbocycles. The van der Waals surface area contributed by atoms with E-state index in [1.54, 1.807) is 6.26 Å². The molecule has 0 spiro atoms. The van der Waals surface area contributed by atoms with Crippen LogP contribution in [0, 0.1) is 0 Å². The largest absolute Gasteiger partial charge is 0.468 e. The molecule has 1 atom stereocenters. The van der Waals surface area contributed by atoms with Crippen LogP contribution >= 0.6 is 0 Å². The molecule has 18 heavy (non-hydrogen) atoms. The van der Waals surface area contributed by atoms with E-state index in [2.05, 4.69) is 11.4 Å². The monoisotopic (exact) mass is 243 g/mol. The molecule has 1 heterocycles. The lowest BCUT2D eigenvalue weighted by atomic mass is 9.96. The molecule has 1 aromatic heterocycles. The van der Waals surface area contributed by atoms with Gasteiger partial charge in [-0.05, 0) is 36.1 Å². The second-order valence-corrected chi connectivity index (χ2v) is 4.87. The summed E-state index contributed by atoms with van der Waals surface area (Å²) in [5.74, 6) is 0.893. The van der Waals surface area contributed by atoms with Gasteiger partial charge in [0.1, 0.15) is 11.4 Å². The number of hydrogen-bond acceptors (Lipinski definition) is 3. The van der Waals surface area contributed by atoms with E-state index in [1.807, 2.05) is 30.3 Å². The first-order chi connectivity index (χ1) is 8.78. The fourth-order valence-electron chi connectivity index (χ4n) is 2.66. The van der Waals surface area contributed by atoms with Crippen molar-refractivity contribution in [3.63, 3.8) is 0 Å². The third kappa shape index (κ3) is 2.07. The van der Waals surface area contributed by atoms with Gasteiger partial charge in [0.05, 0.1) is 12.8 Å². The van der Waals surface area contributed by atoms with Gasteiger partial charge in [0, 0.05) is 6.54 Å². The summed E-state index contributed by atoms with van der Waals surface area (Å²) in [6, 6.07) is 11.9. The van der Waals surface area contributed by atoms with Gasteiger partial charge in [0.2, 0.25) is 0 Å². The van der Waals surface area contributed by atoms with Crippen molar-refractivity contribution < 1.29 is 9.52 Å². The van der Waals surface area contributed by atoms with E-state index in [0.717, 1.165) is 24.2 Å². The summed E-state index contributed by atoms with van der Waals surface area (Å²) in [7, 11) is 0. The standard InChI is InChI=1S/C15H17NO2/c17-15(11-16-10-13-5-3-9-18-13)8-7-12-4-1-2-6-14(12)15/h1-6,9,16-17H,7-8,10-11H2. The molecule has 0 bridgehead atoms. The van der Waals surface area contributed by atoms with Crippen LogP contribution < -0.4 is 5.32 Å². The van der Waals surface area contributed by atoms with E-state index in [9.17, 15) is 5.11 Å². The van der Waals surface area contributed by atoms with Crippen molar-refractivity contribution >= 4 is 0 Å². The Morgan fingerprint density at radius 1 is 1.22 bits per heavy atom. The van der Waals surface area contributed by atoms with Crippen LogP contribution in [0.25, 0.3) is 0 Å². The third-order valence-electron chi connectivity index (χ3n) is 3.62. The zero-order valence-corrected chi connectivity index (χ0v) is 10.2. The Labute approximate surface area is 106 Å². The highest BCUT2D eigenvalue weighted by Gasteiger charge is 2.35. The van der Waals surface area contributed by atoms with Gasteiger partial charge in [-0.3, -0.25) is 0 Å². The number of fused-ring (bicyclic) bond motifs is 1. The Morgan fingerprint density at radius 2 is 2.11 bits per heavy atom. The van der Waals surface area contributed by atoms with Gasteiger partial charge in [0.15, 0.2) is 0 Å². The summed E-state index contributed by atoms with van der Waals surface area (Å²) >= 11 is 0. The zero-order chi connectivity index (χ0) is 12.4. The fraction of sp³-hybridized carbons (Fsp3) is 0.333. The number of aryl methyl sites for hydroxylation is 1. The summed E-state index contributed by atoms with van der Waals surface area (Å²) in [6.45, 7) is 1.21. The lowest BCUT2D eigenvalue weighted by molar-refractivity contribution is 0.0380. The predicted octanol–water partition coefficient (Wildman–Crippen LogP) is 2.20. The zero-order valence-electron chi connectivity index (χ0n) is 10.2. The highest BCUT2D eigenvalue weighted by atomic mass is 16.3. The number of benzene rings is 1. The lowest BCUT2D eigenvalue weighted by Gasteiger charge is -2.24. The van der Waals surface area contributed by atoms with E-state index in [-0.39, 0.29) is 0 Å². The molecule has 1 aliphatic rings. The molecular weight excluding hydrogens is 226 g/mol. The maximum atomic E-state index is 10.7. The van der Waals surface area contributed by atoms with Crippen molar-refractivity contribution in [1.29, 1.82) is 0 Å². The SMILES string of the molecule is OC1(CNCc2ccco2)CCc2ccccc21. The quantitative estimate of drug-likeness (QED) is 0.865.